The molecule has 1 unspecified atom stereocenters. The summed E-state index contributed by atoms with van der Waals surface area (Å²) in [7, 11) is 3.63. The van der Waals surface area contributed by atoms with E-state index in [9.17, 15) is 0 Å². The zero-order chi connectivity index (χ0) is 12.1. The Hall–Kier alpha value is -1.10. The van der Waals surface area contributed by atoms with Crippen LogP contribution in [-0.2, 0) is 9.47 Å². The quantitative estimate of drug-likeness (QED) is 0.846. The Morgan fingerprint density at radius 3 is 2.71 bits per heavy atom. The number of benzene rings is 1. The van der Waals surface area contributed by atoms with Gasteiger partial charge in [-0.2, -0.15) is 0 Å². The summed E-state index contributed by atoms with van der Waals surface area (Å²) in [6, 6.07) is 8.19. The summed E-state index contributed by atoms with van der Waals surface area (Å²) in [6.07, 6.45) is 0.675. The highest BCUT2D eigenvalue weighted by Crippen LogP contribution is 2.29. The molecule has 1 saturated heterocycles. The van der Waals surface area contributed by atoms with Crippen LogP contribution in [0.4, 0.5) is 0 Å². The average Bonchev–Trinajstić information content (AvgIpc) is 2.89. The summed E-state index contributed by atoms with van der Waals surface area (Å²) >= 11 is 0. The lowest BCUT2D eigenvalue weighted by molar-refractivity contribution is -0.0527. The second kappa shape index (κ2) is 6.00. The van der Waals surface area contributed by atoms with Gasteiger partial charge < -0.3 is 19.5 Å². The van der Waals surface area contributed by atoms with Crippen LogP contribution >= 0.6 is 0 Å². The Labute approximate surface area is 102 Å². The minimum atomic E-state index is -0.114. The Morgan fingerprint density at radius 2 is 2.06 bits per heavy atom. The maximum absolute atomic E-state index is 5.48. The molecule has 0 spiro atoms. The van der Waals surface area contributed by atoms with Crippen LogP contribution < -0.4 is 10.1 Å². The van der Waals surface area contributed by atoms with Crippen LogP contribution in [-0.4, -0.2) is 33.7 Å². The summed E-state index contributed by atoms with van der Waals surface area (Å²) in [6.45, 7) is 1.38. The average molecular weight is 237 g/mol. The molecule has 1 aliphatic heterocycles. The number of hydrogen-bond acceptors (Lipinski definition) is 4. The van der Waals surface area contributed by atoms with E-state index in [1.807, 2.05) is 25.2 Å². The lowest BCUT2D eigenvalue weighted by Gasteiger charge is -2.21. The van der Waals surface area contributed by atoms with Crippen molar-refractivity contribution in [2.75, 3.05) is 27.4 Å². The van der Waals surface area contributed by atoms with Gasteiger partial charge in [0.1, 0.15) is 5.75 Å². The van der Waals surface area contributed by atoms with Crippen LogP contribution in [0.2, 0.25) is 0 Å². The van der Waals surface area contributed by atoms with Gasteiger partial charge in [0.25, 0.3) is 0 Å². The molecule has 1 N–H and O–H groups in total. The molecule has 94 valence electrons. The van der Waals surface area contributed by atoms with E-state index in [1.54, 1.807) is 7.11 Å². The molecule has 0 aliphatic carbocycles. The van der Waals surface area contributed by atoms with Gasteiger partial charge in [0.15, 0.2) is 6.29 Å². The van der Waals surface area contributed by atoms with Gasteiger partial charge in [-0.3, -0.25) is 0 Å². The number of para-hydroxylation sites is 1. The fraction of sp³-hybridized carbons (Fsp3) is 0.538. The molecule has 17 heavy (non-hydrogen) atoms. The van der Waals surface area contributed by atoms with Crippen LogP contribution in [0.15, 0.2) is 24.3 Å². The number of nitrogens with one attached hydrogen (secondary N) is 1. The topological polar surface area (TPSA) is 39.7 Å². The first-order valence-electron chi connectivity index (χ1n) is 5.88. The molecule has 1 atom stereocenters. The van der Waals surface area contributed by atoms with E-state index in [4.69, 9.17) is 14.2 Å². The predicted octanol–water partition coefficient (Wildman–Crippen LogP) is 1.72. The SMILES string of the molecule is CNC(CC1OCCO1)c1ccccc1OC. The van der Waals surface area contributed by atoms with Crippen molar-refractivity contribution in [2.24, 2.45) is 0 Å². The second-order valence-corrected chi connectivity index (χ2v) is 3.99. The maximum Gasteiger partial charge on any atom is 0.159 e. The van der Waals surface area contributed by atoms with E-state index in [1.165, 1.54) is 0 Å². The van der Waals surface area contributed by atoms with Gasteiger partial charge in [-0.15, -0.1) is 0 Å². The van der Waals surface area contributed by atoms with E-state index in [0.29, 0.717) is 13.2 Å². The van der Waals surface area contributed by atoms with Crippen LogP contribution in [0.1, 0.15) is 18.0 Å². The van der Waals surface area contributed by atoms with Gasteiger partial charge >= 0.3 is 0 Å². The first-order chi connectivity index (χ1) is 8.35. The molecule has 4 nitrogen and oxygen atoms in total. The third-order valence-electron chi connectivity index (χ3n) is 2.98. The standard InChI is InChI=1S/C13H19NO3/c1-14-11(9-13-16-7-8-17-13)10-5-3-4-6-12(10)15-2/h3-6,11,13-14H,7-9H2,1-2H3. The summed E-state index contributed by atoms with van der Waals surface area (Å²) < 4.78 is 16.3. The van der Waals surface area contributed by atoms with Gasteiger partial charge in [0, 0.05) is 18.0 Å². The van der Waals surface area contributed by atoms with Crippen molar-refractivity contribution in [3.05, 3.63) is 29.8 Å². The number of hydrogen-bond donors (Lipinski definition) is 1. The first kappa shape index (κ1) is 12.4. The van der Waals surface area contributed by atoms with Crippen molar-refractivity contribution in [3.63, 3.8) is 0 Å². The van der Waals surface area contributed by atoms with Gasteiger partial charge in [0.2, 0.25) is 0 Å². The zero-order valence-electron chi connectivity index (χ0n) is 10.3. The molecule has 0 aromatic heterocycles. The maximum atomic E-state index is 5.48. The largest absolute Gasteiger partial charge is 0.496 e. The van der Waals surface area contributed by atoms with Crippen LogP contribution in [0.5, 0.6) is 5.75 Å². The Kier molecular flexibility index (Phi) is 4.36. The fourth-order valence-electron chi connectivity index (χ4n) is 2.09. The van der Waals surface area contributed by atoms with Crippen molar-refractivity contribution < 1.29 is 14.2 Å². The van der Waals surface area contributed by atoms with E-state index < -0.39 is 0 Å². The summed E-state index contributed by atoms with van der Waals surface area (Å²) in [4.78, 5) is 0. The highest BCUT2D eigenvalue weighted by atomic mass is 16.7. The highest BCUT2D eigenvalue weighted by Gasteiger charge is 2.23. The molecule has 1 aromatic carbocycles. The molecular weight excluding hydrogens is 218 g/mol. The Morgan fingerprint density at radius 1 is 1.35 bits per heavy atom. The second-order valence-electron chi connectivity index (χ2n) is 3.99. The zero-order valence-corrected chi connectivity index (χ0v) is 10.3. The highest BCUT2D eigenvalue weighted by molar-refractivity contribution is 5.35. The monoisotopic (exact) mass is 237 g/mol. The lowest BCUT2D eigenvalue weighted by atomic mass is 10.0. The molecule has 0 amide bonds. The number of rotatable bonds is 5. The smallest absolute Gasteiger partial charge is 0.159 e. The van der Waals surface area contributed by atoms with Crippen LogP contribution in [0.25, 0.3) is 0 Å². The molecule has 0 saturated carbocycles. The predicted molar refractivity (Wildman–Crippen MR) is 65.1 cm³/mol. The van der Waals surface area contributed by atoms with Crippen LogP contribution in [0, 0.1) is 0 Å². The molecule has 1 fully saturated rings. The normalized spacial score (nSPS) is 18.2. The van der Waals surface area contributed by atoms with Crippen molar-refractivity contribution >= 4 is 0 Å². The molecule has 1 aliphatic rings. The summed E-state index contributed by atoms with van der Waals surface area (Å²) in [5, 5.41) is 3.28. The number of ether oxygens (including phenoxy) is 3. The Bertz CT molecular complexity index is 350. The molecule has 1 aromatic rings. The summed E-state index contributed by atoms with van der Waals surface area (Å²) in [5.41, 5.74) is 1.14. The van der Waals surface area contributed by atoms with Crippen molar-refractivity contribution in [2.45, 2.75) is 18.8 Å². The summed E-state index contributed by atoms with van der Waals surface area (Å²) in [5.74, 6) is 0.893. The molecule has 4 heteroatoms. The molecule has 0 radical (unpaired) electrons. The first-order valence-corrected chi connectivity index (χ1v) is 5.88. The Balaban J connectivity index is 2.10. The molecule has 2 rings (SSSR count). The third-order valence-corrected chi connectivity index (χ3v) is 2.98. The van der Waals surface area contributed by atoms with Crippen molar-refractivity contribution in [1.82, 2.24) is 5.32 Å². The van der Waals surface area contributed by atoms with Gasteiger partial charge in [-0.25, -0.2) is 0 Å². The van der Waals surface area contributed by atoms with Gasteiger partial charge in [-0.1, -0.05) is 18.2 Å². The number of methoxy groups -OCH3 is 1. The van der Waals surface area contributed by atoms with Crippen molar-refractivity contribution in [3.8, 4) is 5.75 Å². The van der Waals surface area contributed by atoms with E-state index >= 15 is 0 Å². The van der Waals surface area contributed by atoms with Gasteiger partial charge in [-0.05, 0) is 13.1 Å². The van der Waals surface area contributed by atoms with Crippen LogP contribution in [0.3, 0.4) is 0 Å². The van der Waals surface area contributed by atoms with Crippen molar-refractivity contribution in [1.29, 1.82) is 0 Å². The van der Waals surface area contributed by atoms with E-state index in [0.717, 1.165) is 17.7 Å². The van der Waals surface area contributed by atoms with Gasteiger partial charge in [0.05, 0.1) is 20.3 Å². The molecule has 0 bridgehead atoms. The van der Waals surface area contributed by atoms with E-state index in [2.05, 4.69) is 11.4 Å². The minimum absolute atomic E-state index is 0.114. The fourth-order valence-corrected chi connectivity index (χ4v) is 2.09. The minimum Gasteiger partial charge on any atom is -0.496 e. The third kappa shape index (κ3) is 2.97. The van der Waals surface area contributed by atoms with E-state index in [-0.39, 0.29) is 12.3 Å². The molecular formula is C13H19NO3. The lowest BCUT2D eigenvalue weighted by Crippen LogP contribution is -2.23. The molecule has 1 heterocycles.